The van der Waals surface area contributed by atoms with Crippen LogP contribution in [0, 0.1) is 5.92 Å². The van der Waals surface area contributed by atoms with Crippen LogP contribution in [0.2, 0.25) is 0 Å². The highest BCUT2D eigenvalue weighted by Crippen LogP contribution is 2.44. The Morgan fingerprint density at radius 3 is 2.73 bits per heavy atom. The Morgan fingerprint density at radius 1 is 1.13 bits per heavy atom. The van der Waals surface area contributed by atoms with Crippen LogP contribution >= 0.6 is 0 Å². The Kier molecular flexibility index (Phi) is 1.88. The lowest BCUT2D eigenvalue weighted by atomic mass is 10.0. The number of benzene rings is 1. The monoisotopic (exact) mass is 194 g/mol. The molecular formula is C15H14. The second kappa shape index (κ2) is 3.23. The summed E-state index contributed by atoms with van der Waals surface area (Å²) in [5.74, 6) is 0.685. The Balaban J connectivity index is 2.12. The maximum absolute atomic E-state index is 2.31. The normalized spacial score (nSPS) is 23.3. The van der Waals surface area contributed by atoms with Gasteiger partial charge in [-0.05, 0) is 34.6 Å². The number of rotatable bonds is 1. The third-order valence-electron chi connectivity index (χ3n) is 3.34. The van der Waals surface area contributed by atoms with Gasteiger partial charge < -0.3 is 0 Å². The summed E-state index contributed by atoms with van der Waals surface area (Å²) in [5, 5.41) is 0. The molecule has 2 aliphatic rings. The smallest absolute Gasteiger partial charge is 0.0143 e. The van der Waals surface area contributed by atoms with Gasteiger partial charge in [0, 0.05) is 0 Å². The predicted molar refractivity (Wildman–Crippen MR) is 64.4 cm³/mol. The topological polar surface area (TPSA) is 0 Å². The van der Waals surface area contributed by atoms with Crippen LogP contribution in [-0.4, -0.2) is 0 Å². The highest BCUT2D eigenvalue weighted by Gasteiger charge is 2.26. The van der Waals surface area contributed by atoms with E-state index in [0.717, 1.165) is 0 Å². The molecule has 0 saturated carbocycles. The summed E-state index contributed by atoms with van der Waals surface area (Å²) in [6, 6.07) is 10.7. The van der Waals surface area contributed by atoms with E-state index in [1.807, 2.05) is 0 Å². The molecule has 0 radical (unpaired) electrons. The molecule has 0 aliphatic heterocycles. The molecule has 15 heavy (non-hydrogen) atoms. The molecule has 2 aliphatic carbocycles. The molecule has 1 unspecified atom stereocenters. The summed E-state index contributed by atoms with van der Waals surface area (Å²) in [7, 11) is 0. The minimum Gasteiger partial charge on any atom is -0.0622 e. The Labute approximate surface area is 90.6 Å². The van der Waals surface area contributed by atoms with E-state index < -0.39 is 0 Å². The summed E-state index contributed by atoms with van der Waals surface area (Å²) >= 11 is 0. The fourth-order valence-corrected chi connectivity index (χ4v) is 2.58. The van der Waals surface area contributed by atoms with Gasteiger partial charge in [-0.1, -0.05) is 55.5 Å². The molecule has 3 rings (SSSR count). The molecule has 0 N–H and O–H groups in total. The van der Waals surface area contributed by atoms with E-state index in [9.17, 15) is 0 Å². The number of hydrogen-bond acceptors (Lipinski definition) is 0. The van der Waals surface area contributed by atoms with Crippen LogP contribution in [0.4, 0.5) is 0 Å². The summed E-state index contributed by atoms with van der Waals surface area (Å²) in [6.07, 6.45) is 7.87. The lowest BCUT2D eigenvalue weighted by Crippen LogP contribution is -1.89. The van der Waals surface area contributed by atoms with E-state index in [4.69, 9.17) is 0 Å². The zero-order chi connectivity index (χ0) is 10.3. The minimum atomic E-state index is 0.685. The van der Waals surface area contributed by atoms with E-state index in [1.54, 1.807) is 0 Å². The van der Waals surface area contributed by atoms with Crippen LogP contribution in [0.15, 0.2) is 59.7 Å². The van der Waals surface area contributed by atoms with Gasteiger partial charge in [0.05, 0.1) is 0 Å². The zero-order valence-corrected chi connectivity index (χ0v) is 8.90. The fourth-order valence-electron chi connectivity index (χ4n) is 2.58. The van der Waals surface area contributed by atoms with E-state index in [1.165, 1.54) is 28.7 Å². The molecule has 0 heterocycles. The Bertz CT molecular complexity index is 472. The van der Waals surface area contributed by atoms with Gasteiger partial charge >= 0.3 is 0 Å². The van der Waals surface area contributed by atoms with Crippen LogP contribution in [-0.2, 0) is 0 Å². The first-order valence-electron chi connectivity index (χ1n) is 5.53. The van der Waals surface area contributed by atoms with E-state index in [2.05, 4.69) is 55.5 Å². The lowest BCUT2D eigenvalue weighted by Gasteiger charge is -2.04. The standard InChI is InChI=1S/C15H14/c1-11-10-15(12-6-3-2-4-7-12)14-9-5-8-13(11)14/h2-9,11H,10H2,1H3. The van der Waals surface area contributed by atoms with Crippen molar-refractivity contribution in [3.8, 4) is 0 Å². The van der Waals surface area contributed by atoms with Crippen molar-refractivity contribution in [2.75, 3.05) is 0 Å². The molecule has 0 bridgehead atoms. The van der Waals surface area contributed by atoms with Crippen LogP contribution in [0.25, 0.3) is 5.57 Å². The maximum atomic E-state index is 2.31. The van der Waals surface area contributed by atoms with Gasteiger partial charge in [-0.15, -0.1) is 0 Å². The number of allylic oxidation sites excluding steroid dienone is 6. The molecule has 74 valence electrons. The lowest BCUT2D eigenvalue weighted by molar-refractivity contribution is 0.748. The SMILES string of the molecule is CC1CC(c2ccccc2)=C2C=CC=C21. The molecule has 1 aromatic carbocycles. The highest BCUT2D eigenvalue weighted by atomic mass is 14.3. The van der Waals surface area contributed by atoms with E-state index in [0.29, 0.717) is 5.92 Å². The summed E-state index contributed by atoms with van der Waals surface area (Å²) in [5.41, 5.74) is 5.89. The van der Waals surface area contributed by atoms with Crippen molar-refractivity contribution in [2.24, 2.45) is 5.92 Å². The van der Waals surface area contributed by atoms with Gasteiger partial charge in [0.1, 0.15) is 0 Å². The van der Waals surface area contributed by atoms with Crippen LogP contribution < -0.4 is 0 Å². The molecule has 0 fully saturated rings. The highest BCUT2D eigenvalue weighted by molar-refractivity contribution is 5.81. The molecule has 1 atom stereocenters. The second-order valence-electron chi connectivity index (χ2n) is 4.34. The van der Waals surface area contributed by atoms with Gasteiger partial charge in [0.2, 0.25) is 0 Å². The number of hydrogen-bond donors (Lipinski definition) is 0. The van der Waals surface area contributed by atoms with Crippen LogP contribution in [0.3, 0.4) is 0 Å². The first-order valence-corrected chi connectivity index (χ1v) is 5.53. The van der Waals surface area contributed by atoms with Crippen molar-refractivity contribution in [3.63, 3.8) is 0 Å². The predicted octanol–water partition coefficient (Wildman–Crippen LogP) is 3.98. The number of fused-ring (bicyclic) bond motifs is 1. The van der Waals surface area contributed by atoms with Crippen LogP contribution in [0.5, 0.6) is 0 Å². The quantitative estimate of drug-likeness (QED) is 0.634. The fraction of sp³-hybridized carbons (Fsp3) is 0.200. The van der Waals surface area contributed by atoms with Gasteiger partial charge in [-0.25, -0.2) is 0 Å². The van der Waals surface area contributed by atoms with Gasteiger partial charge in [0.15, 0.2) is 0 Å². The summed E-state index contributed by atoms with van der Waals surface area (Å²) in [4.78, 5) is 0. The third-order valence-corrected chi connectivity index (χ3v) is 3.34. The molecule has 0 saturated heterocycles. The van der Waals surface area contributed by atoms with Crippen molar-refractivity contribution < 1.29 is 0 Å². The first kappa shape index (κ1) is 8.72. The largest absolute Gasteiger partial charge is 0.0622 e. The average molecular weight is 194 g/mol. The molecule has 0 amide bonds. The second-order valence-corrected chi connectivity index (χ2v) is 4.34. The molecule has 1 aromatic rings. The molecule has 0 heteroatoms. The first-order chi connectivity index (χ1) is 7.36. The third kappa shape index (κ3) is 1.29. The summed E-state index contributed by atoms with van der Waals surface area (Å²) < 4.78 is 0. The van der Waals surface area contributed by atoms with Gasteiger partial charge in [0.25, 0.3) is 0 Å². The summed E-state index contributed by atoms with van der Waals surface area (Å²) in [6.45, 7) is 2.31. The van der Waals surface area contributed by atoms with Crippen molar-refractivity contribution >= 4 is 5.57 Å². The zero-order valence-electron chi connectivity index (χ0n) is 8.90. The van der Waals surface area contributed by atoms with Crippen molar-refractivity contribution in [1.29, 1.82) is 0 Å². The average Bonchev–Trinajstić information content (AvgIpc) is 2.84. The minimum absolute atomic E-state index is 0.685. The van der Waals surface area contributed by atoms with Crippen molar-refractivity contribution in [3.05, 3.63) is 65.3 Å². The Morgan fingerprint density at radius 2 is 1.93 bits per heavy atom. The molecule has 0 aromatic heterocycles. The molecular weight excluding hydrogens is 180 g/mol. The Hall–Kier alpha value is -1.56. The van der Waals surface area contributed by atoms with Crippen LogP contribution in [0.1, 0.15) is 18.9 Å². The van der Waals surface area contributed by atoms with E-state index in [-0.39, 0.29) is 0 Å². The van der Waals surface area contributed by atoms with Crippen molar-refractivity contribution in [1.82, 2.24) is 0 Å². The van der Waals surface area contributed by atoms with Crippen molar-refractivity contribution in [2.45, 2.75) is 13.3 Å². The van der Waals surface area contributed by atoms with E-state index >= 15 is 0 Å². The van der Waals surface area contributed by atoms with Gasteiger partial charge in [-0.2, -0.15) is 0 Å². The van der Waals surface area contributed by atoms with Gasteiger partial charge in [-0.3, -0.25) is 0 Å². The molecule has 0 nitrogen and oxygen atoms in total. The molecule has 0 spiro atoms. The maximum Gasteiger partial charge on any atom is -0.0143 e.